The third-order valence-electron chi connectivity index (χ3n) is 2.25. The first kappa shape index (κ1) is 10.7. The lowest BCUT2D eigenvalue weighted by atomic mass is 10.3. The molecule has 0 aliphatic carbocycles. The summed E-state index contributed by atoms with van der Waals surface area (Å²) in [7, 11) is 0. The molecule has 0 saturated carbocycles. The van der Waals surface area contributed by atoms with E-state index in [0.29, 0.717) is 11.6 Å². The van der Waals surface area contributed by atoms with Crippen LogP contribution in [0.25, 0.3) is 11.6 Å². The zero-order valence-corrected chi connectivity index (χ0v) is 9.69. The summed E-state index contributed by atoms with van der Waals surface area (Å²) >= 11 is 0. The van der Waals surface area contributed by atoms with Gasteiger partial charge in [0.05, 0.1) is 5.69 Å². The minimum atomic E-state index is 0.649. The lowest BCUT2D eigenvalue weighted by molar-refractivity contribution is 0.422. The molecule has 1 N–H and O–H groups in total. The van der Waals surface area contributed by atoms with Crippen LogP contribution in [0.2, 0.25) is 0 Å². The average molecular weight is 221 g/mol. The van der Waals surface area contributed by atoms with Crippen LogP contribution in [0, 0.1) is 6.92 Å². The normalized spacial score (nSPS) is 10.7. The second-order valence-electron chi connectivity index (χ2n) is 3.45. The molecule has 0 aromatic carbocycles. The van der Waals surface area contributed by atoms with Crippen molar-refractivity contribution < 1.29 is 4.52 Å². The summed E-state index contributed by atoms with van der Waals surface area (Å²) in [5.74, 6) is 2.11. The molecule has 0 aliphatic heterocycles. The number of nitrogens with one attached hydrogen (secondary N) is 1. The lowest BCUT2D eigenvalue weighted by Gasteiger charge is -2.05. The Bertz CT molecular complexity index is 473. The topological polar surface area (TPSA) is 68.8 Å². The zero-order chi connectivity index (χ0) is 11.5. The minimum Gasteiger partial charge on any atom is -0.355 e. The van der Waals surface area contributed by atoms with Gasteiger partial charge in [-0.05, 0) is 20.8 Å². The summed E-state index contributed by atoms with van der Waals surface area (Å²) in [5, 5.41) is 15.2. The Hall–Kier alpha value is -1.85. The predicted molar refractivity (Wildman–Crippen MR) is 60.1 cm³/mol. The Morgan fingerprint density at radius 3 is 2.75 bits per heavy atom. The summed E-state index contributed by atoms with van der Waals surface area (Å²) in [5.41, 5.74) is 0.839. The minimum absolute atomic E-state index is 0.649. The van der Waals surface area contributed by atoms with Gasteiger partial charge >= 0.3 is 0 Å². The molecule has 0 atom stereocenters. The molecular formula is C10H15N5O. The van der Waals surface area contributed by atoms with Crippen LogP contribution in [0.5, 0.6) is 0 Å². The molecule has 86 valence electrons. The van der Waals surface area contributed by atoms with Crippen molar-refractivity contribution in [3.05, 3.63) is 11.8 Å². The maximum atomic E-state index is 5.18. The molecule has 0 unspecified atom stereocenters. The number of aryl methyl sites for hydroxylation is 1. The first-order valence-corrected chi connectivity index (χ1v) is 5.37. The first-order chi connectivity index (χ1) is 7.76. The van der Waals surface area contributed by atoms with E-state index >= 15 is 0 Å². The smallest absolute Gasteiger partial charge is 0.224 e. The number of hydrogen-bond donors (Lipinski definition) is 1. The van der Waals surface area contributed by atoms with Crippen molar-refractivity contribution in [3.8, 4) is 11.6 Å². The van der Waals surface area contributed by atoms with Gasteiger partial charge in [0.25, 0.3) is 0 Å². The van der Waals surface area contributed by atoms with E-state index in [0.717, 1.165) is 24.7 Å². The molecule has 0 spiro atoms. The zero-order valence-electron chi connectivity index (χ0n) is 9.69. The maximum absolute atomic E-state index is 5.18. The average Bonchev–Trinajstić information content (AvgIpc) is 2.85. The third-order valence-corrected chi connectivity index (χ3v) is 2.25. The summed E-state index contributed by atoms with van der Waals surface area (Å²) in [4.78, 5) is 0. The van der Waals surface area contributed by atoms with Gasteiger partial charge in [-0.1, -0.05) is 5.16 Å². The van der Waals surface area contributed by atoms with Gasteiger partial charge in [0, 0.05) is 19.2 Å². The Morgan fingerprint density at radius 1 is 1.38 bits per heavy atom. The van der Waals surface area contributed by atoms with Crippen molar-refractivity contribution in [2.75, 3.05) is 11.9 Å². The van der Waals surface area contributed by atoms with Crippen LogP contribution >= 0.6 is 0 Å². The van der Waals surface area contributed by atoms with Gasteiger partial charge in [-0.2, -0.15) is 0 Å². The van der Waals surface area contributed by atoms with E-state index in [1.54, 1.807) is 0 Å². The van der Waals surface area contributed by atoms with E-state index in [2.05, 4.69) is 20.7 Å². The van der Waals surface area contributed by atoms with Crippen LogP contribution in [-0.2, 0) is 6.54 Å². The number of nitrogens with zero attached hydrogens (tertiary/aromatic N) is 4. The van der Waals surface area contributed by atoms with Gasteiger partial charge in [0.1, 0.15) is 0 Å². The highest BCUT2D eigenvalue weighted by Crippen LogP contribution is 2.20. The van der Waals surface area contributed by atoms with Gasteiger partial charge < -0.3 is 9.84 Å². The molecule has 0 fully saturated rings. The van der Waals surface area contributed by atoms with Gasteiger partial charge in [0.15, 0.2) is 0 Å². The van der Waals surface area contributed by atoms with E-state index in [-0.39, 0.29) is 0 Å². The highest BCUT2D eigenvalue weighted by atomic mass is 16.5. The summed E-state index contributed by atoms with van der Waals surface area (Å²) in [6, 6.07) is 1.85. The van der Waals surface area contributed by atoms with Crippen LogP contribution in [-0.4, -0.2) is 26.5 Å². The Morgan fingerprint density at radius 2 is 2.19 bits per heavy atom. The molecule has 2 rings (SSSR count). The summed E-state index contributed by atoms with van der Waals surface area (Å²) in [6.45, 7) is 7.53. The van der Waals surface area contributed by atoms with Crippen molar-refractivity contribution in [1.29, 1.82) is 0 Å². The van der Waals surface area contributed by atoms with Crippen LogP contribution in [0.1, 0.15) is 19.5 Å². The van der Waals surface area contributed by atoms with E-state index in [1.165, 1.54) is 0 Å². The van der Waals surface area contributed by atoms with Crippen molar-refractivity contribution in [3.63, 3.8) is 0 Å². The second-order valence-corrected chi connectivity index (χ2v) is 3.45. The highest BCUT2D eigenvalue weighted by Gasteiger charge is 2.15. The fourth-order valence-corrected chi connectivity index (χ4v) is 1.54. The highest BCUT2D eigenvalue weighted by molar-refractivity contribution is 5.50. The Kier molecular flexibility index (Phi) is 2.89. The van der Waals surface area contributed by atoms with Gasteiger partial charge in [-0.3, -0.25) is 4.57 Å². The van der Waals surface area contributed by atoms with Crippen LogP contribution in [0.3, 0.4) is 0 Å². The first-order valence-electron chi connectivity index (χ1n) is 5.37. The Balaban J connectivity index is 2.41. The third kappa shape index (κ3) is 1.78. The van der Waals surface area contributed by atoms with E-state index < -0.39 is 0 Å². The quantitative estimate of drug-likeness (QED) is 0.850. The largest absolute Gasteiger partial charge is 0.355 e. The SMILES string of the molecule is CCNc1nnc(-c2cc(C)no2)n1CC. The number of hydrogen-bond acceptors (Lipinski definition) is 5. The maximum Gasteiger partial charge on any atom is 0.224 e. The van der Waals surface area contributed by atoms with Gasteiger partial charge in [-0.25, -0.2) is 0 Å². The molecule has 16 heavy (non-hydrogen) atoms. The molecular weight excluding hydrogens is 206 g/mol. The monoisotopic (exact) mass is 221 g/mol. The fourth-order valence-electron chi connectivity index (χ4n) is 1.54. The molecule has 0 radical (unpaired) electrons. The molecule has 2 aromatic heterocycles. The molecule has 0 bridgehead atoms. The number of anilines is 1. The fraction of sp³-hybridized carbons (Fsp3) is 0.500. The van der Waals surface area contributed by atoms with E-state index in [4.69, 9.17) is 4.52 Å². The van der Waals surface area contributed by atoms with Crippen LogP contribution in [0.15, 0.2) is 10.6 Å². The summed E-state index contributed by atoms with van der Waals surface area (Å²) < 4.78 is 7.14. The molecule has 6 nitrogen and oxygen atoms in total. The molecule has 2 heterocycles. The van der Waals surface area contributed by atoms with Crippen molar-refractivity contribution in [1.82, 2.24) is 19.9 Å². The molecule has 0 amide bonds. The number of rotatable bonds is 4. The van der Waals surface area contributed by atoms with Gasteiger partial charge in [-0.15, -0.1) is 10.2 Å². The van der Waals surface area contributed by atoms with Crippen LogP contribution < -0.4 is 5.32 Å². The summed E-state index contributed by atoms with van der Waals surface area (Å²) in [6.07, 6.45) is 0. The van der Waals surface area contributed by atoms with Crippen molar-refractivity contribution in [2.45, 2.75) is 27.3 Å². The van der Waals surface area contributed by atoms with Crippen LogP contribution in [0.4, 0.5) is 5.95 Å². The predicted octanol–water partition coefficient (Wildman–Crippen LogP) is 1.69. The Labute approximate surface area is 93.7 Å². The standard InChI is InChI=1S/C10H15N5O/c1-4-11-10-13-12-9(15(10)5-2)8-6-7(3)14-16-8/h6H,4-5H2,1-3H3,(H,11,13). The molecule has 0 saturated heterocycles. The molecule has 2 aromatic rings. The van der Waals surface area contributed by atoms with Gasteiger partial charge in [0.2, 0.25) is 17.5 Å². The van der Waals surface area contributed by atoms with E-state index in [1.807, 2.05) is 31.4 Å². The number of aromatic nitrogens is 4. The van der Waals surface area contributed by atoms with Crippen molar-refractivity contribution in [2.24, 2.45) is 0 Å². The van der Waals surface area contributed by atoms with Crippen molar-refractivity contribution >= 4 is 5.95 Å². The lowest BCUT2D eigenvalue weighted by Crippen LogP contribution is -2.06. The molecule has 0 aliphatic rings. The second kappa shape index (κ2) is 4.34. The van der Waals surface area contributed by atoms with E-state index in [9.17, 15) is 0 Å². The molecule has 6 heteroatoms.